The molecule has 0 fully saturated rings. The van der Waals surface area contributed by atoms with Crippen molar-refractivity contribution in [2.45, 2.75) is 53.4 Å². The summed E-state index contributed by atoms with van der Waals surface area (Å²) in [6.07, 6.45) is 4.22. The summed E-state index contributed by atoms with van der Waals surface area (Å²) in [7, 11) is 0. The van der Waals surface area contributed by atoms with Crippen LogP contribution >= 0.6 is 0 Å². The topological polar surface area (TPSA) is 29.4 Å². The number of carbonyl (C=O) groups excluding carboxylic acids is 1. The van der Waals surface area contributed by atoms with E-state index in [-0.39, 0.29) is 5.78 Å². The van der Waals surface area contributed by atoms with Crippen LogP contribution in [0.1, 0.15) is 51.7 Å². The van der Waals surface area contributed by atoms with Crippen LogP contribution in [0.25, 0.3) is 0 Å². The van der Waals surface area contributed by atoms with E-state index in [1.54, 1.807) is 13.8 Å². The second-order valence-electron chi connectivity index (χ2n) is 4.68. The smallest absolute Gasteiger partial charge is 0.173 e. The highest BCUT2D eigenvalue weighted by Crippen LogP contribution is 2.27. The van der Waals surface area contributed by atoms with Gasteiger partial charge in [-0.25, -0.2) is 4.99 Å². The molecule has 1 rings (SSSR count). The maximum Gasteiger partial charge on any atom is 0.173 e. The van der Waals surface area contributed by atoms with Gasteiger partial charge in [0.1, 0.15) is 0 Å². The third-order valence-corrected chi connectivity index (χ3v) is 3.03. The number of aryl methyl sites for hydroxylation is 2. The molecule has 0 amide bonds. The highest BCUT2D eigenvalue weighted by atomic mass is 16.1. The number of para-hydroxylation sites is 1. The van der Waals surface area contributed by atoms with Gasteiger partial charge in [-0.3, -0.25) is 4.79 Å². The van der Waals surface area contributed by atoms with Crippen molar-refractivity contribution >= 4 is 17.2 Å². The molecule has 0 aliphatic carbocycles. The van der Waals surface area contributed by atoms with Gasteiger partial charge in [0.25, 0.3) is 0 Å². The quantitative estimate of drug-likeness (QED) is 0.688. The van der Waals surface area contributed by atoms with Crippen LogP contribution in [-0.4, -0.2) is 11.5 Å². The van der Waals surface area contributed by atoms with Gasteiger partial charge in [0, 0.05) is 6.92 Å². The lowest BCUT2D eigenvalue weighted by Crippen LogP contribution is -2.04. The first kappa shape index (κ1) is 14.6. The summed E-state index contributed by atoms with van der Waals surface area (Å²) in [6.45, 7) is 7.69. The largest absolute Gasteiger partial charge is 0.293 e. The molecule has 98 valence electrons. The molecule has 0 radical (unpaired) electrons. The molecule has 1 aromatic rings. The molecule has 1 aromatic carbocycles. The molecule has 0 aromatic heterocycles. The van der Waals surface area contributed by atoms with Gasteiger partial charge in [-0.15, -0.1) is 0 Å². The Balaban J connectivity index is 3.25. The summed E-state index contributed by atoms with van der Waals surface area (Å²) in [6, 6.07) is 6.34. The number of aliphatic imine (C=N–C) groups is 1. The van der Waals surface area contributed by atoms with Crippen LogP contribution in [0.15, 0.2) is 23.2 Å². The van der Waals surface area contributed by atoms with Crippen molar-refractivity contribution in [2.24, 2.45) is 4.99 Å². The molecule has 0 aliphatic rings. The average molecular weight is 245 g/mol. The Kier molecular flexibility index (Phi) is 5.76. The molecule has 18 heavy (non-hydrogen) atoms. The Hall–Kier alpha value is -1.44. The molecule has 0 atom stereocenters. The number of benzene rings is 1. The predicted molar refractivity (Wildman–Crippen MR) is 77.9 cm³/mol. The van der Waals surface area contributed by atoms with Gasteiger partial charge in [0.2, 0.25) is 0 Å². The first-order valence-electron chi connectivity index (χ1n) is 6.77. The second kappa shape index (κ2) is 7.10. The van der Waals surface area contributed by atoms with Crippen molar-refractivity contribution in [2.75, 3.05) is 0 Å². The van der Waals surface area contributed by atoms with E-state index in [0.717, 1.165) is 31.4 Å². The number of Topliss-reactive ketones (excluding diaryl/α,β-unsaturated/α-hetero) is 1. The molecule has 0 saturated carbocycles. The molecular formula is C16H23NO. The van der Waals surface area contributed by atoms with E-state index in [1.807, 2.05) is 0 Å². The van der Waals surface area contributed by atoms with E-state index < -0.39 is 0 Å². The lowest BCUT2D eigenvalue weighted by atomic mass is 10.0. The van der Waals surface area contributed by atoms with Gasteiger partial charge in [-0.1, -0.05) is 44.9 Å². The van der Waals surface area contributed by atoms with Crippen LogP contribution in [0.2, 0.25) is 0 Å². The molecule has 0 saturated heterocycles. The standard InChI is InChI=1S/C16H23NO/c1-5-8-14-10-7-11-15(9-6-2)16(14)17-12(3)13(4)18/h7,10-11H,5-6,8-9H2,1-4H3. The van der Waals surface area contributed by atoms with Crippen molar-refractivity contribution in [1.29, 1.82) is 0 Å². The van der Waals surface area contributed by atoms with Crippen LogP contribution in [0.5, 0.6) is 0 Å². The molecule has 0 heterocycles. The monoisotopic (exact) mass is 245 g/mol. The van der Waals surface area contributed by atoms with Gasteiger partial charge in [-0.2, -0.15) is 0 Å². The van der Waals surface area contributed by atoms with Gasteiger partial charge >= 0.3 is 0 Å². The molecule has 0 N–H and O–H groups in total. The lowest BCUT2D eigenvalue weighted by Gasteiger charge is -2.11. The molecular weight excluding hydrogens is 222 g/mol. The van der Waals surface area contributed by atoms with E-state index in [9.17, 15) is 4.79 Å². The van der Waals surface area contributed by atoms with Crippen molar-refractivity contribution in [3.8, 4) is 0 Å². The van der Waals surface area contributed by atoms with E-state index in [2.05, 4.69) is 37.0 Å². The fourth-order valence-corrected chi connectivity index (χ4v) is 1.98. The Morgan fingerprint density at radius 2 is 1.56 bits per heavy atom. The zero-order valence-corrected chi connectivity index (χ0v) is 11.9. The van der Waals surface area contributed by atoms with E-state index in [0.29, 0.717) is 5.71 Å². The third-order valence-electron chi connectivity index (χ3n) is 3.03. The van der Waals surface area contributed by atoms with Gasteiger partial charge in [0.15, 0.2) is 5.78 Å². The maximum absolute atomic E-state index is 11.4. The van der Waals surface area contributed by atoms with Crippen molar-refractivity contribution < 1.29 is 4.79 Å². The van der Waals surface area contributed by atoms with Crippen LogP contribution in [0, 0.1) is 0 Å². The number of rotatable bonds is 6. The van der Waals surface area contributed by atoms with Crippen LogP contribution in [0.4, 0.5) is 5.69 Å². The predicted octanol–water partition coefficient (Wildman–Crippen LogP) is 4.27. The van der Waals surface area contributed by atoms with E-state index in [4.69, 9.17) is 0 Å². The summed E-state index contributed by atoms with van der Waals surface area (Å²) in [5, 5.41) is 0. The number of hydrogen-bond donors (Lipinski definition) is 0. The highest BCUT2D eigenvalue weighted by Gasteiger charge is 2.08. The molecule has 0 aliphatic heterocycles. The summed E-state index contributed by atoms with van der Waals surface area (Å²) >= 11 is 0. The first-order valence-corrected chi connectivity index (χ1v) is 6.77. The summed E-state index contributed by atoms with van der Waals surface area (Å²) in [5.41, 5.74) is 4.12. The number of nitrogens with zero attached hydrogens (tertiary/aromatic N) is 1. The highest BCUT2D eigenvalue weighted by molar-refractivity contribution is 6.38. The minimum atomic E-state index is 0.0451. The Bertz CT molecular complexity index is 422. The Morgan fingerprint density at radius 1 is 1.06 bits per heavy atom. The lowest BCUT2D eigenvalue weighted by molar-refractivity contribution is -0.111. The van der Waals surface area contributed by atoms with Crippen molar-refractivity contribution in [3.63, 3.8) is 0 Å². The molecule has 0 spiro atoms. The Labute approximate surface area is 110 Å². The SMILES string of the molecule is CCCc1cccc(CCC)c1N=C(C)C(C)=O. The fraction of sp³-hybridized carbons (Fsp3) is 0.500. The molecule has 0 unspecified atom stereocenters. The van der Waals surface area contributed by atoms with Crippen molar-refractivity contribution in [3.05, 3.63) is 29.3 Å². The van der Waals surface area contributed by atoms with Crippen LogP contribution < -0.4 is 0 Å². The zero-order valence-electron chi connectivity index (χ0n) is 11.9. The van der Waals surface area contributed by atoms with Crippen molar-refractivity contribution in [1.82, 2.24) is 0 Å². The van der Waals surface area contributed by atoms with Crippen LogP contribution in [0.3, 0.4) is 0 Å². The molecule has 0 bridgehead atoms. The van der Waals surface area contributed by atoms with Gasteiger partial charge in [0.05, 0.1) is 11.4 Å². The van der Waals surface area contributed by atoms with Gasteiger partial charge < -0.3 is 0 Å². The minimum Gasteiger partial charge on any atom is -0.293 e. The minimum absolute atomic E-state index is 0.0451. The normalized spacial score (nSPS) is 11.7. The zero-order chi connectivity index (χ0) is 13.5. The first-order chi connectivity index (χ1) is 8.60. The fourth-order valence-electron chi connectivity index (χ4n) is 1.98. The average Bonchev–Trinajstić information content (AvgIpc) is 2.33. The molecule has 2 heteroatoms. The summed E-state index contributed by atoms with van der Waals surface area (Å²) in [4.78, 5) is 15.9. The number of ketones is 1. The van der Waals surface area contributed by atoms with Gasteiger partial charge in [-0.05, 0) is 30.9 Å². The summed E-state index contributed by atoms with van der Waals surface area (Å²) in [5.74, 6) is 0.0451. The molecule has 2 nitrogen and oxygen atoms in total. The van der Waals surface area contributed by atoms with E-state index in [1.165, 1.54) is 11.1 Å². The number of carbonyl (C=O) groups is 1. The van der Waals surface area contributed by atoms with Crippen LogP contribution in [-0.2, 0) is 17.6 Å². The second-order valence-corrected chi connectivity index (χ2v) is 4.68. The Morgan fingerprint density at radius 3 is 1.94 bits per heavy atom. The number of hydrogen-bond acceptors (Lipinski definition) is 2. The van der Waals surface area contributed by atoms with E-state index >= 15 is 0 Å². The maximum atomic E-state index is 11.4. The third kappa shape index (κ3) is 3.80. The summed E-state index contributed by atoms with van der Waals surface area (Å²) < 4.78 is 0.